The Morgan fingerprint density at radius 3 is 2.67 bits per heavy atom. The van der Waals surface area contributed by atoms with E-state index >= 15 is 0 Å². The number of carbonyl (C=O) groups excluding carboxylic acids is 1. The van der Waals surface area contributed by atoms with Crippen molar-refractivity contribution in [2.45, 2.75) is 37.8 Å². The summed E-state index contributed by atoms with van der Waals surface area (Å²) in [5, 5.41) is 0.826. The molecule has 0 atom stereocenters. The Hall–Kier alpha value is -0.980. The highest BCUT2D eigenvalue weighted by atomic mass is 32.1. The lowest BCUT2D eigenvalue weighted by molar-refractivity contribution is 0.0601. The Morgan fingerprint density at radius 2 is 2.11 bits per heavy atom. The van der Waals surface area contributed by atoms with Gasteiger partial charge in [0.15, 0.2) is 0 Å². The van der Waals surface area contributed by atoms with Gasteiger partial charge in [0.05, 0.1) is 24.9 Å². The Morgan fingerprint density at radius 1 is 1.44 bits per heavy atom. The van der Waals surface area contributed by atoms with E-state index in [-0.39, 0.29) is 11.5 Å². The summed E-state index contributed by atoms with van der Waals surface area (Å²) in [6.45, 7) is 0.303. The van der Waals surface area contributed by atoms with E-state index in [0.717, 1.165) is 30.7 Å². The van der Waals surface area contributed by atoms with Crippen LogP contribution in [0.1, 0.15) is 46.1 Å². The third-order valence-corrected chi connectivity index (χ3v) is 4.57. The first-order valence-corrected chi connectivity index (χ1v) is 6.78. The number of methoxy groups -OCH3 is 2. The van der Waals surface area contributed by atoms with Gasteiger partial charge in [-0.1, -0.05) is 12.8 Å². The third kappa shape index (κ3) is 2.41. The summed E-state index contributed by atoms with van der Waals surface area (Å²) in [6.07, 6.45) is 4.08. The minimum Gasteiger partial charge on any atom is -0.465 e. The van der Waals surface area contributed by atoms with Crippen LogP contribution in [-0.2, 0) is 21.6 Å². The molecule has 1 aliphatic carbocycles. The second-order valence-corrected chi connectivity index (χ2v) is 5.58. The normalized spacial score (nSPS) is 17.9. The number of esters is 1. The Balaban J connectivity index is 2.35. The minimum atomic E-state index is -0.376. The van der Waals surface area contributed by atoms with Gasteiger partial charge in [-0.15, -0.1) is 11.3 Å². The van der Waals surface area contributed by atoms with E-state index < -0.39 is 0 Å². The van der Waals surface area contributed by atoms with Gasteiger partial charge in [0.1, 0.15) is 9.88 Å². The fourth-order valence-corrected chi connectivity index (χ4v) is 3.42. The summed E-state index contributed by atoms with van der Waals surface area (Å²) in [5.74, 6) is -0.368. The molecule has 0 saturated heterocycles. The van der Waals surface area contributed by atoms with Crippen molar-refractivity contribution in [3.8, 4) is 0 Å². The molecule has 1 saturated carbocycles. The van der Waals surface area contributed by atoms with E-state index in [9.17, 15) is 4.79 Å². The molecule has 1 aliphatic rings. The van der Waals surface area contributed by atoms with Crippen LogP contribution in [0.25, 0.3) is 0 Å². The quantitative estimate of drug-likeness (QED) is 0.844. The molecule has 18 heavy (non-hydrogen) atoms. The van der Waals surface area contributed by atoms with Crippen molar-refractivity contribution in [2.24, 2.45) is 5.73 Å². The van der Waals surface area contributed by atoms with Crippen molar-refractivity contribution in [3.05, 3.63) is 15.6 Å². The van der Waals surface area contributed by atoms with Crippen molar-refractivity contribution in [1.29, 1.82) is 0 Å². The van der Waals surface area contributed by atoms with Gasteiger partial charge in [0, 0.05) is 7.11 Å². The van der Waals surface area contributed by atoms with Gasteiger partial charge in [-0.05, 0) is 12.8 Å². The zero-order valence-corrected chi connectivity index (χ0v) is 11.5. The van der Waals surface area contributed by atoms with E-state index in [2.05, 4.69) is 4.98 Å². The number of nitrogens with zero attached hydrogens (tertiary/aromatic N) is 1. The summed E-state index contributed by atoms with van der Waals surface area (Å²) in [7, 11) is 2.94. The molecule has 0 unspecified atom stereocenters. The van der Waals surface area contributed by atoms with Crippen LogP contribution in [0, 0.1) is 0 Å². The molecule has 2 N–H and O–H groups in total. The molecule has 0 radical (unpaired) electrons. The number of hydrogen-bond acceptors (Lipinski definition) is 6. The number of carbonyl (C=O) groups is 1. The third-order valence-electron chi connectivity index (χ3n) is 3.27. The molecule has 1 aromatic heterocycles. The van der Waals surface area contributed by atoms with Crippen molar-refractivity contribution >= 4 is 17.3 Å². The maximum atomic E-state index is 11.7. The number of nitrogens with two attached hydrogens (primary N) is 1. The predicted molar refractivity (Wildman–Crippen MR) is 68.5 cm³/mol. The summed E-state index contributed by atoms with van der Waals surface area (Å²) in [4.78, 5) is 16.7. The second-order valence-electron chi connectivity index (χ2n) is 4.58. The van der Waals surface area contributed by atoms with E-state index in [4.69, 9.17) is 15.2 Å². The van der Waals surface area contributed by atoms with Crippen LogP contribution >= 0.6 is 11.3 Å². The highest BCUT2D eigenvalue weighted by molar-refractivity contribution is 7.13. The first-order valence-electron chi connectivity index (χ1n) is 5.97. The van der Waals surface area contributed by atoms with Gasteiger partial charge in [-0.3, -0.25) is 0 Å². The molecule has 0 amide bonds. The van der Waals surface area contributed by atoms with Gasteiger partial charge in [-0.25, -0.2) is 9.78 Å². The van der Waals surface area contributed by atoms with E-state index in [1.165, 1.54) is 18.4 Å². The maximum absolute atomic E-state index is 11.7. The molecule has 0 bridgehead atoms. The largest absolute Gasteiger partial charge is 0.465 e. The van der Waals surface area contributed by atoms with Crippen LogP contribution in [0.3, 0.4) is 0 Å². The SMILES string of the molecule is COCc1nc(C2(N)CCCC2)sc1C(=O)OC. The number of ether oxygens (including phenoxy) is 2. The first-order chi connectivity index (χ1) is 8.60. The standard InChI is InChI=1S/C12H18N2O3S/c1-16-7-8-9(10(15)17-2)18-11(14-8)12(13)5-3-4-6-12/h3-7,13H2,1-2H3. The fraction of sp³-hybridized carbons (Fsp3) is 0.667. The topological polar surface area (TPSA) is 74.4 Å². The summed E-state index contributed by atoms with van der Waals surface area (Å²) < 4.78 is 9.83. The van der Waals surface area contributed by atoms with Gasteiger partial charge in [0.25, 0.3) is 0 Å². The molecule has 1 heterocycles. The monoisotopic (exact) mass is 270 g/mol. The lowest BCUT2D eigenvalue weighted by atomic mass is 10.0. The van der Waals surface area contributed by atoms with Gasteiger partial charge in [-0.2, -0.15) is 0 Å². The van der Waals surface area contributed by atoms with Crippen LogP contribution in [-0.4, -0.2) is 25.2 Å². The second kappa shape index (κ2) is 5.34. The van der Waals surface area contributed by atoms with Crippen LogP contribution < -0.4 is 5.73 Å². The summed E-state index contributed by atoms with van der Waals surface area (Å²) in [5.41, 5.74) is 6.61. The Labute approximate surface area is 110 Å². The van der Waals surface area contributed by atoms with Gasteiger partial charge < -0.3 is 15.2 Å². The zero-order valence-electron chi connectivity index (χ0n) is 10.7. The molecule has 1 fully saturated rings. The number of aromatic nitrogens is 1. The zero-order chi connectivity index (χ0) is 13.2. The number of rotatable bonds is 4. The molecule has 0 spiro atoms. The van der Waals surface area contributed by atoms with E-state index in [1.54, 1.807) is 7.11 Å². The summed E-state index contributed by atoms with van der Waals surface area (Å²) in [6, 6.07) is 0. The Bertz CT molecular complexity index is 439. The average molecular weight is 270 g/mol. The predicted octanol–water partition coefficient (Wildman–Crippen LogP) is 1.80. The van der Waals surface area contributed by atoms with Crippen LogP contribution in [0.4, 0.5) is 0 Å². The van der Waals surface area contributed by atoms with Crippen molar-refractivity contribution in [2.75, 3.05) is 14.2 Å². The smallest absolute Gasteiger partial charge is 0.350 e. The highest BCUT2D eigenvalue weighted by Gasteiger charge is 2.36. The van der Waals surface area contributed by atoms with E-state index in [1.807, 2.05) is 0 Å². The van der Waals surface area contributed by atoms with Crippen molar-refractivity contribution < 1.29 is 14.3 Å². The Kier molecular flexibility index (Phi) is 3.99. The number of hydrogen-bond donors (Lipinski definition) is 1. The first kappa shape index (κ1) is 13.5. The van der Waals surface area contributed by atoms with Crippen molar-refractivity contribution in [3.63, 3.8) is 0 Å². The molecule has 2 rings (SSSR count). The van der Waals surface area contributed by atoms with Crippen molar-refractivity contribution in [1.82, 2.24) is 4.98 Å². The highest BCUT2D eigenvalue weighted by Crippen LogP contribution is 2.39. The fourth-order valence-electron chi connectivity index (χ4n) is 2.27. The number of thiazole rings is 1. The lowest BCUT2D eigenvalue weighted by Crippen LogP contribution is -2.32. The molecular weight excluding hydrogens is 252 g/mol. The maximum Gasteiger partial charge on any atom is 0.350 e. The molecule has 5 nitrogen and oxygen atoms in total. The molecule has 100 valence electrons. The van der Waals surface area contributed by atoms with E-state index in [0.29, 0.717) is 17.2 Å². The molecule has 1 aromatic rings. The molecular formula is C12H18N2O3S. The lowest BCUT2D eigenvalue weighted by Gasteiger charge is -2.19. The van der Waals surface area contributed by atoms with Gasteiger partial charge in [0.2, 0.25) is 0 Å². The van der Waals surface area contributed by atoms with Gasteiger partial charge >= 0.3 is 5.97 Å². The molecule has 6 heteroatoms. The van der Waals surface area contributed by atoms with Crippen LogP contribution in [0.2, 0.25) is 0 Å². The molecule has 0 aromatic carbocycles. The minimum absolute atomic E-state index is 0.303. The van der Waals surface area contributed by atoms with Crippen LogP contribution in [0.15, 0.2) is 0 Å². The average Bonchev–Trinajstić information content (AvgIpc) is 2.96. The van der Waals surface area contributed by atoms with Crippen LogP contribution in [0.5, 0.6) is 0 Å². The molecule has 0 aliphatic heterocycles. The summed E-state index contributed by atoms with van der Waals surface area (Å²) >= 11 is 1.34.